The highest BCUT2D eigenvalue weighted by atomic mass is 16.5. The number of fused-ring (bicyclic) bond motifs is 1. The second-order valence-corrected chi connectivity index (χ2v) is 6.64. The number of rotatable bonds is 3. The van der Waals surface area contributed by atoms with E-state index in [2.05, 4.69) is 29.2 Å². The number of hydrogen-bond acceptors (Lipinski definition) is 4. The molecule has 0 unspecified atom stereocenters. The number of nitrogens with zero attached hydrogens (tertiary/aromatic N) is 1. The van der Waals surface area contributed by atoms with Crippen LogP contribution in [-0.4, -0.2) is 43.3 Å². The number of carbonyl (C=O) groups is 1. The molecular weight excluding hydrogens is 266 g/mol. The molecule has 0 spiro atoms. The van der Waals surface area contributed by atoms with Gasteiger partial charge in [0, 0.05) is 25.6 Å². The van der Waals surface area contributed by atoms with Crippen LogP contribution in [-0.2, 0) is 20.8 Å². The quantitative estimate of drug-likeness (QED) is 0.799. The van der Waals surface area contributed by atoms with Crippen LogP contribution in [0.2, 0.25) is 0 Å². The largest absolute Gasteiger partial charge is 0.468 e. The van der Waals surface area contributed by atoms with Crippen molar-refractivity contribution >= 4 is 5.97 Å². The van der Waals surface area contributed by atoms with Crippen LogP contribution >= 0.6 is 0 Å². The zero-order chi connectivity index (χ0) is 15.1. The van der Waals surface area contributed by atoms with Crippen molar-refractivity contribution in [3.05, 3.63) is 35.9 Å². The fourth-order valence-electron chi connectivity index (χ4n) is 3.95. The van der Waals surface area contributed by atoms with E-state index in [4.69, 9.17) is 9.47 Å². The summed E-state index contributed by atoms with van der Waals surface area (Å²) in [4.78, 5) is 14.9. The molecule has 0 saturated carbocycles. The maximum absolute atomic E-state index is 12.5. The lowest BCUT2D eigenvalue weighted by Gasteiger charge is -2.37. The molecule has 2 saturated heterocycles. The highest BCUT2D eigenvalue weighted by molar-refractivity contribution is 5.80. The van der Waals surface area contributed by atoms with Gasteiger partial charge in [-0.15, -0.1) is 0 Å². The SMILES string of the molecule is COC(=O)[C@]12CN(Cc3ccccc3)C[C@H]1COC2(C)C. The first-order chi connectivity index (χ1) is 9.99. The number of hydrogen-bond donors (Lipinski definition) is 0. The van der Waals surface area contributed by atoms with Crippen LogP contribution in [0, 0.1) is 11.3 Å². The predicted octanol–water partition coefficient (Wildman–Crippen LogP) is 2.09. The van der Waals surface area contributed by atoms with E-state index in [1.54, 1.807) is 0 Å². The highest BCUT2D eigenvalue weighted by Gasteiger charge is 2.66. The highest BCUT2D eigenvalue weighted by Crippen LogP contribution is 2.52. The zero-order valence-electron chi connectivity index (χ0n) is 13.0. The topological polar surface area (TPSA) is 38.8 Å². The van der Waals surface area contributed by atoms with Gasteiger partial charge in [-0.2, -0.15) is 0 Å². The van der Waals surface area contributed by atoms with Gasteiger partial charge in [0.05, 0.1) is 19.3 Å². The fourth-order valence-corrected chi connectivity index (χ4v) is 3.95. The van der Waals surface area contributed by atoms with E-state index < -0.39 is 11.0 Å². The Labute approximate surface area is 126 Å². The van der Waals surface area contributed by atoms with Crippen molar-refractivity contribution in [3.63, 3.8) is 0 Å². The Morgan fingerprint density at radius 3 is 2.76 bits per heavy atom. The van der Waals surface area contributed by atoms with Crippen molar-refractivity contribution < 1.29 is 14.3 Å². The van der Waals surface area contributed by atoms with Crippen molar-refractivity contribution in [3.8, 4) is 0 Å². The molecule has 0 bridgehead atoms. The minimum Gasteiger partial charge on any atom is -0.468 e. The van der Waals surface area contributed by atoms with Crippen LogP contribution < -0.4 is 0 Å². The number of ether oxygens (including phenoxy) is 2. The molecule has 2 aliphatic rings. The van der Waals surface area contributed by atoms with Gasteiger partial charge in [-0.3, -0.25) is 9.69 Å². The first-order valence-electron chi connectivity index (χ1n) is 7.48. The molecular formula is C17H23NO3. The van der Waals surface area contributed by atoms with E-state index in [0.29, 0.717) is 13.2 Å². The molecule has 0 radical (unpaired) electrons. The minimum atomic E-state index is -0.545. The van der Waals surface area contributed by atoms with E-state index >= 15 is 0 Å². The molecule has 0 N–H and O–H groups in total. The molecule has 2 atom stereocenters. The smallest absolute Gasteiger partial charge is 0.316 e. The average molecular weight is 289 g/mol. The van der Waals surface area contributed by atoms with Crippen LogP contribution in [0.4, 0.5) is 0 Å². The van der Waals surface area contributed by atoms with Gasteiger partial charge in [-0.25, -0.2) is 0 Å². The van der Waals surface area contributed by atoms with E-state index in [1.165, 1.54) is 12.7 Å². The third-order valence-corrected chi connectivity index (χ3v) is 5.17. The number of likely N-dealkylation sites (tertiary alicyclic amines) is 1. The lowest BCUT2D eigenvalue weighted by Crippen LogP contribution is -2.51. The maximum atomic E-state index is 12.5. The van der Waals surface area contributed by atoms with E-state index in [0.717, 1.165) is 13.1 Å². The number of methoxy groups -OCH3 is 1. The van der Waals surface area contributed by atoms with Crippen LogP contribution in [0.3, 0.4) is 0 Å². The van der Waals surface area contributed by atoms with Crippen LogP contribution in [0.5, 0.6) is 0 Å². The minimum absolute atomic E-state index is 0.134. The third kappa shape index (κ3) is 2.17. The van der Waals surface area contributed by atoms with Crippen molar-refractivity contribution in [1.29, 1.82) is 0 Å². The summed E-state index contributed by atoms with van der Waals surface area (Å²) in [5.41, 5.74) is 0.253. The summed E-state index contributed by atoms with van der Waals surface area (Å²) in [5, 5.41) is 0. The van der Waals surface area contributed by atoms with Gasteiger partial charge in [0.1, 0.15) is 5.41 Å². The molecule has 4 heteroatoms. The Bertz CT molecular complexity index is 528. The molecule has 0 aromatic heterocycles. The Morgan fingerprint density at radius 1 is 1.38 bits per heavy atom. The van der Waals surface area contributed by atoms with E-state index in [9.17, 15) is 4.79 Å². The molecule has 2 aliphatic heterocycles. The molecule has 1 aromatic carbocycles. The van der Waals surface area contributed by atoms with E-state index in [1.807, 2.05) is 19.9 Å². The molecule has 1 aromatic rings. The molecule has 4 nitrogen and oxygen atoms in total. The lowest BCUT2D eigenvalue weighted by molar-refractivity contribution is -0.163. The first kappa shape index (κ1) is 14.5. The van der Waals surface area contributed by atoms with Gasteiger partial charge in [0.2, 0.25) is 0 Å². The maximum Gasteiger partial charge on any atom is 0.316 e. The van der Waals surface area contributed by atoms with Gasteiger partial charge in [0.25, 0.3) is 0 Å². The molecule has 2 fully saturated rings. The standard InChI is InChI=1S/C17H23NO3/c1-16(2)17(15(19)20-3)12-18(10-14(17)11-21-16)9-13-7-5-4-6-8-13/h4-8,14H,9-12H2,1-3H3/t14-,17-/m0/s1. The number of carbonyl (C=O) groups excluding carboxylic acids is 1. The fraction of sp³-hybridized carbons (Fsp3) is 0.588. The van der Waals surface area contributed by atoms with Crippen molar-refractivity contribution in [2.45, 2.75) is 26.0 Å². The number of benzene rings is 1. The van der Waals surface area contributed by atoms with E-state index in [-0.39, 0.29) is 11.9 Å². The van der Waals surface area contributed by atoms with Gasteiger partial charge >= 0.3 is 5.97 Å². The Balaban J connectivity index is 1.84. The van der Waals surface area contributed by atoms with Crippen molar-refractivity contribution in [2.75, 3.05) is 26.8 Å². The third-order valence-electron chi connectivity index (χ3n) is 5.17. The van der Waals surface area contributed by atoms with Crippen LogP contribution in [0.15, 0.2) is 30.3 Å². The normalized spacial score (nSPS) is 31.1. The summed E-state index contributed by atoms with van der Waals surface area (Å²) in [5.74, 6) is 0.0780. The molecule has 3 rings (SSSR count). The van der Waals surface area contributed by atoms with Crippen molar-refractivity contribution in [2.24, 2.45) is 11.3 Å². The predicted molar refractivity (Wildman–Crippen MR) is 79.7 cm³/mol. The molecule has 2 heterocycles. The van der Waals surface area contributed by atoms with Crippen LogP contribution in [0.1, 0.15) is 19.4 Å². The number of esters is 1. The van der Waals surface area contributed by atoms with Gasteiger partial charge in [0.15, 0.2) is 0 Å². The lowest BCUT2D eigenvalue weighted by atomic mass is 9.69. The summed E-state index contributed by atoms with van der Waals surface area (Å²) < 4.78 is 11.0. The summed E-state index contributed by atoms with van der Waals surface area (Å²) in [7, 11) is 1.47. The molecule has 21 heavy (non-hydrogen) atoms. The summed E-state index contributed by atoms with van der Waals surface area (Å²) in [6.07, 6.45) is 0. The Hall–Kier alpha value is -1.39. The summed E-state index contributed by atoms with van der Waals surface area (Å²) >= 11 is 0. The first-order valence-corrected chi connectivity index (χ1v) is 7.48. The molecule has 114 valence electrons. The zero-order valence-corrected chi connectivity index (χ0v) is 13.0. The van der Waals surface area contributed by atoms with Gasteiger partial charge in [-0.1, -0.05) is 30.3 Å². The van der Waals surface area contributed by atoms with Crippen LogP contribution in [0.25, 0.3) is 0 Å². The second-order valence-electron chi connectivity index (χ2n) is 6.64. The average Bonchev–Trinajstić information content (AvgIpc) is 2.96. The summed E-state index contributed by atoms with van der Waals surface area (Å²) in [6, 6.07) is 10.4. The van der Waals surface area contributed by atoms with Gasteiger partial charge in [-0.05, 0) is 19.4 Å². The molecule has 0 amide bonds. The second kappa shape index (κ2) is 5.11. The summed E-state index contributed by atoms with van der Waals surface area (Å²) in [6.45, 7) is 7.10. The Morgan fingerprint density at radius 2 is 2.10 bits per heavy atom. The molecule has 0 aliphatic carbocycles. The monoisotopic (exact) mass is 289 g/mol. The van der Waals surface area contributed by atoms with Gasteiger partial charge < -0.3 is 9.47 Å². The van der Waals surface area contributed by atoms with Crippen molar-refractivity contribution in [1.82, 2.24) is 4.90 Å². The Kier molecular flexibility index (Phi) is 3.54.